The third-order valence-corrected chi connectivity index (χ3v) is 22.6. The summed E-state index contributed by atoms with van der Waals surface area (Å²) in [5, 5.41) is 0. The van der Waals surface area contributed by atoms with Gasteiger partial charge in [0, 0.05) is 84.3 Å². The molecule has 598 valence electrons. The summed E-state index contributed by atoms with van der Waals surface area (Å²) in [5.74, 6) is 2.25. The number of aryl methyl sites for hydroxylation is 2. The van der Waals surface area contributed by atoms with E-state index in [4.69, 9.17) is 39.9 Å². The number of rotatable bonds is 23. The highest BCUT2D eigenvalue weighted by molar-refractivity contribution is 5.88. The predicted molar refractivity (Wildman–Crippen MR) is 517 cm³/mol. The summed E-state index contributed by atoms with van der Waals surface area (Å²) in [6, 6.07) is 160. The molecule has 4 heterocycles. The van der Waals surface area contributed by atoms with E-state index in [0.717, 1.165) is 169 Å². The van der Waals surface area contributed by atoms with Crippen molar-refractivity contribution in [2.75, 3.05) is 19.6 Å². The first-order chi connectivity index (χ1) is 62.2. The highest BCUT2D eigenvalue weighted by Gasteiger charge is 2.28. The summed E-state index contributed by atoms with van der Waals surface area (Å²) in [4.78, 5) is 52.4. The third kappa shape index (κ3) is 16.6. The molecule has 0 saturated carbocycles. The molecule has 12 nitrogen and oxygen atoms in total. The van der Waals surface area contributed by atoms with E-state index in [-0.39, 0.29) is 0 Å². The molecule has 0 amide bonds. The third-order valence-electron chi connectivity index (χ3n) is 22.6. The van der Waals surface area contributed by atoms with Gasteiger partial charge in [-0.05, 0) is 180 Å². The van der Waals surface area contributed by atoms with Crippen LogP contribution in [0.1, 0.15) is 11.1 Å². The van der Waals surface area contributed by atoms with Crippen LogP contribution in [0, 0.1) is 13.8 Å². The lowest BCUT2D eigenvalue weighted by atomic mass is 9.95. The monoisotopic (exact) mass is 1620 g/mol. The van der Waals surface area contributed by atoms with E-state index < -0.39 is 0 Å². The minimum atomic E-state index is 0.394. The number of hydrogen-bond donors (Lipinski definition) is 0. The molecule has 0 unspecified atom stereocenters. The van der Waals surface area contributed by atoms with Crippen molar-refractivity contribution in [3.63, 3.8) is 0 Å². The zero-order valence-corrected chi connectivity index (χ0v) is 69.2. The molecule has 0 spiro atoms. The maximum Gasteiger partial charge on any atom is 0.238 e. The Labute approximate surface area is 733 Å². The summed E-state index contributed by atoms with van der Waals surface area (Å²) < 4.78 is 0. The van der Waals surface area contributed by atoms with Gasteiger partial charge in [-0.25, -0.2) is 34.8 Å². The number of pyridine rings is 1. The van der Waals surface area contributed by atoms with Gasteiger partial charge in [0.25, 0.3) is 0 Å². The Bertz CT molecular complexity index is 6960. The van der Waals surface area contributed by atoms with Crippen molar-refractivity contribution in [1.29, 1.82) is 0 Å². The first-order valence-corrected chi connectivity index (χ1v) is 42.2. The molecule has 126 heavy (non-hydrogen) atoms. The van der Waals surface area contributed by atoms with Crippen LogP contribution >= 0.6 is 0 Å². The first kappa shape index (κ1) is 77.6. The first-order valence-electron chi connectivity index (χ1n) is 42.2. The van der Waals surface area contributed by atoms with Gasteiger partial charge >= 0.3 is 0 Å². The second kappa shape index (κ2) is 35.4. The molecular formula is C114H82N12. The van der Waals surface area contributed by atoms with Crippen LogP contribution in [0.3, 0.4) is 0 Å². The van der Waals surface area contributed by atoms with Gasteiger partial charge in [-0.2, -0.15) is 9.97 Å². The topological polar surface area (TPSA) is 116 Å². The van der Waals surface area contributed by atoms with Gasteiger partial charge in [0.05, 0.1) is 45.5 Å². The number of anilines is 12. The van der Waals surface area contributed by atoms with E-state index in [1.54, 1.807) is 0 Å². The molecule has 0 saturated heterocycles. The van der Waals surface area contributed by atoms with Gasteiger partial charge in [0.2, 0.25) is 17.8 Å². The Hall–Kier alpha value is -17.0. The van der Waals surface area contributed by atoms with Gasteiger partial charge in [-0.15, -0.1) is 0 Å². The van der Waals surface area contributed by atoms with Gasteiger partial charge < -0.3 is 9.80 Å². The van der Waals surface area contributed by atoms with Crippen LogP contribution in [-0.2, 0) is 0 Å². The Morgan fingerprint density at radius 1 is 0.143 bits per heavy atom. The molecule has 0 radical (unpaired) electrons. The van der Waals surface area contributed by atoms with Crippen molar-refractivity contribution in [1.82, 2.24) is 39.9 Å². The highest BCUT2D eigenvalue weighted by Crippen LogP contribution is 2.45. The van der Waals surface area contributed by atoms with E-state index >= 15 is 0 Å². The number of benzene rings is 16. The summed E-state index contributed by atoms with van der Waals surface area (Å²) >= 11 is 0. The van der Waals surface area contributed by atoms with Gasteiger partial charge in [0.15, 0.2) is 11.6 Å². The second-order valence-corrected chi connectivity index (χ2v) is 30.9. The van der Waals surface area contributed by atoms with Crippen LogP contribution < -0.4 is 19.6 Å². The molecule has 0 aliphatic heterocycles. The zero-order valence-electron chi connectivity index (χ0n) is 69.2. The number of hydrogen-bond acceptors (Lipinski definition) is 12. The molecule has 0 fully saturated rings. The van der Waals surface area contributed by atoms with Crippen LogP contribution in [0.5, 0.6) is 0 Å². The minimum absolute atomic E-state index is 0.394. The molecule has 0 N–H and O–H groups in total. The maximum absolute atomic E-state index is 5.60. The lowest BCUT2D eigenvalue weighted by Crippen LogP contribution is -2.18. The molecular weight excluding hydrogens is 1540 g/mol. The average Bonchev–Trinajstić information content (AvgIpc) is 0.769. The molecule has 4 aromatic heterocycles. The summed E-state index contributed by atoms with van der Waals surface area (Å²) in [5.41, 5.74) is 29.2. The fourth-order valence-electron chi connectivity index (χ4n) is 16.3. The number of aromatic nitrogens is 8. The fraction of sp³-hybridized carbons (Fsp3) is 0.0175. The molecule has 0 aliphatic rings. The Balaban J connectivity index is 0.668. The summed E-state index contributed by atoms with van der Waals surface area (Å²) in [6.07, 6.45) is 0. The lowest BCUT2D eigenvalue weighted by molar-refractivity contribution is 1.02. The lowest BCUT2D eigenvalue weighted by Gasteiger charge is -2.26. The van der Waals surface area contributed by atoms with Crippen molar-refractivity contribution in [2.45, 2.75) is 13.8 Å². The summed E-state index contributed by atoms with van der Waals surface area (Å²) in [6.45, 7) is 4.36. The van der Waals surface area contributed by atoms with Crippen LogP contribution in [0.15, 0.2) is 461 Å². The van der Waals surface area contributed by atoms with E-state index in [0.29, 0.717) is 35.2 Å². The standard InChI is InChI=1S/C114H82N12/c1-79-73-99(124(95-49-29-11-30-50-95)96-51-31-12-32-52-96)69-71-102(79)103-72-70-100(74-80(103)2)126(112-116-106(87-37-17-5-18-38-87)77-107(117-112)88-39-19-6-20-40-88)113-118-108(89-41-21-7-22-42-89)78-109(119-113)90-57-53-81(54-58-90)82-55-59-92(60-56-82)111-120-110(91-43-23-8-24-44-91)121-114(122-111)125(101-75-104(85-33-13-3-14-34-85)115-105(76-101)86-35-15-4-16-36-86)98-67-63-84(64-68-98)83-61-65-97(66-62-83)123(93-45-25-9-26-46-93)94-47-27-10-28-48-94/h3-78H,1-2H3. The molecule has 12 heteroatoms. The molecule has 16 aromatic carbocycles. The van der Waals surface area contributed by atoms with Crippen molar-refractivity contribution in [2.24, 2.45) is 0 Å². The smallest absolute Gasteiger partial charge is 0.238 e. The van der Waals surface area contributed by atoms with Gasteiger partial charge in [0.1, 0.15) is 0 Å². The van der Waals surface area contributed by atoms with Gasteiger partial charge in [-0.1, -0.05) is 340 Å². The van der Waals surface area contributed by atoms with Crippen molar-refractivity contribution in [3.8, 4) is 124 Å². The van der Waals surface area contributed by atoms with Crippen molar-refractivity contribution in [3.05, 3.63) is 472 Å². The maximum atomic E-state index is 5.60. The molecule has 0 aliphatic carbocycles. The Morgan fingerprint density at radius 2 is 0.365 bits per heavy atom. The molecule has 0 bridgehead atoms. The van der Waals surface area contributed by atoms with Crippen molar-refractivity contribution >= 4 is 69.0 Å². The number of para-hydroxylation sites is 4. The molecule has 20 rings (SSSR count). The van der Waals surface area contributed by atoms with Crippen LogP contribution in [0.25, 0.3) is 124 Å². The fourth-order valence-corrected chi connectivity index (χ4v) is 16.3. The Morgan fingerprint density at radius 3 is 0.690 bits per heavy atom. The molecule has 0 atom stereocenters. The second-order valence-electron chi connectivity index (χ2n) is 30.9. The van der Waals surface area contributed by atoms with Crippen LogP contribution in [0.4, 0.5) is 69.0 Å². The van der Waals surface area contributed by atoms with E-state index in [9.17, 15) is 0 Å². The quantitative estimate of drug-likeness (QED) is 0.0607. The minimum Gasteiger partial charge on any atom is -0.311 e. The van der Waals surface area contributed by atoms with Crippen molar-refractivity contribution < 1.29 is 0 Å². The van der Waals surface area contributed by atoms with E-state index in [2.05, 4.69) is 356 Å². The Kier molecular flexibility index (Phi) is 21.8. The normalized spacial score (nSPS) is 11.1. The SMILES string of the molecule is Cc1cc(N(c2ccccc2)c2ccccc2)ccc1-c1ccc(N(c2nc(-c3ccccc3)cc(-c3ccccc3)n2)c2nc(-c3ccccc3)cc(-c3ccc(-c4ccc(-c5nc(-c6ccccc6)nc(N(c6ccc(-c7ccc(N(c8ccccc8)c8ccccc8)cc7)cc6)c6cc(-c7ccccc7)nc(-c7ccccc7)c6)n5)cc4)cc3)n2)cc1C. The van der Waals surface area contributed by atoms with Gasteiger partial charge in [-0.3, -0.25) is 4.90 Å². The predicted octanol–water partition coefficient (Wildman–Crippen LogP) is 29.7. The van der Waals surface area contributed by atoms with E-state index in [1.165, 1.54) is 0 Å². The van der Waals surface area contributed by atoms with Crippen LogP contribution in [0.2, 0.25) is 0 Å². The average molecular weight is 1620 g/mol. The zero-order chi connectivity index (χ0) is 84.5. The van der Waals surface area contributed by atoms with E-state index in [1.807, 2.05) is 138 Å². The number of nitrogens with zero attached hydrogens (tertiary/aromatic N) is 12. The largest absolute Gasteiger partial charge is 0.311 e. The highest BCUT2D eigenvalue weighted by atomic mass is 15.3. The summed E-state index contributed by atoms with van der Waals surface area (Å²) in [7, 11) is 0. The molecule has 20 aromatic rings. The van der Waals surface area contributed by atoms with Crippen LogP contribution in [-0.4, -0.2) is 39.9 Å².